The fourth-order valence-corrected chi connectivity index (χ4v) is 1.63. The molecular formula is C15H19N3O3. The summed E-state index contributed by atoms with van der Waals surface area (Å²) < 4.78 is 10.8. The molecule has 0 amide bonds. The van der Waals surface area contributed by atoms with Crippen LogP contribution in [0.4, 0.5) is 0 Å². The topological polar surface area (TPSA) is 76.5 Å². The van der Waals surface area contributed by atoms with Gasteiger partial charge >= 0.3 is 0 Å². The van der Waals surface area contributed by atoms with Crippen LogP contribution in [0, 0.1) is 0 Å². The smallest absolute Gasteiger partial charge is 0.233 e. The predicted molar refractivity (Wildman–Crippen MR) is 78.3 cm³/mol. The van der Waals surface area contributed by atoms with E-state index in [1.165, 1.54) is 0 Å². The van der Waals surface area contributed by atoms with Gasteiger partial charge in [0, 0.05) is 25.4 Å². The van der Waals surface area contributed by atoms with Gasteiger partial charge < -0.3 is 19.9 Å². The second-order valence-electron chi connectivity index (χ2n) is 4.39. The van der Waals surface area contributed by atoms with Crippen molar-refractivity contribution in [3.8, 4) is 11.6 Å². The summed E-state index contributed by atoms with van der Waals surface area (Å²) in [5.41, 5.74) is 0. The Kier molecular flexibility index (Phi) is 6.44. The van der Waals surface area contributed by atoms with Crippen molar-refractivity contribution < 1.29 is 14.6 Å². The van der Waals surface area contributed by atoms with Crippen LogP contribution < -0.4 is 14.8 Å². The van der Waals surface area contributed by atoms with E-state index in [1.807, 2.05) is 30.3 Å². The number of para-hydroxylation sites is 1. The van der Waals surface area contributed by atoms with Crippen LogP contribution >= 0.6 is 0 Å². The normalized spacial score (nSPS) is 11.9. The number of benzene rings is 1. The van der Waals surface area contributed by atoms with Crippen LogP contribution in [0.3, 0.4) is 0 Å². The summed E-state index contributed by atoms with van der Waals surface area (Å²) in [7, 11) is 0. The standard InChI is InChI=1S/C15H19N3O3/c19-13(12-21-15-7-4-8-17-18-15)11-16-9-10-20-14-5-2-1-3-6-14/h1-8,13,16,19H,9-12H2. The summed E-state index contributed by atoms with van der Waals surface area (Å²) >= 11 is 0. The van der Waals surface area contributed by atoms with Crippen LogP contribution in [-0.2, 0) is 0 Å². The highest BCUT2D eigenvalue weighted by molar-refractivity contribution is 5.20. The zero-order chi connectivity index (χ0) is 14.8. The van der Waals surface area contributed by atoms with Gasteiger partial charge in [0.1, 0.15) is 25.1 Å². The zero-order valence-electron chi connectivity index (χ0n) is 11.7. The Morgan fingerprint density at radius 3 is 2.71 bits per heavy atom. The maximum atomic E-state index is 9.75. The molecule has 0 bridgehead atoms. The number of nitrogens with zero attached hydrogens (tertiary/aromatic N) is 2. The second kappa shape index (κ2) is 8.89. The first-order chi connectivity index (χ1) is 10.3. The Labute approximate surface area is 123 Å². The second-order valence-corrected chi connectivity index (χ2v) is 4.39. The molecule has 1 heterocycles. The van der Waals surface area contributed by atoms with Crippen LogP contribution in [0.2, 0.25) is 0 Å². The maximum Gasteiger partial charge on any atom is 0.233 e. The molecule has 0 saturated carbocycles. The van der Waals surface area contributed by atoms with Crippen LogP contribution in [0.5, 0.6) is 11.6 Å². The molecule has 6 heteroatoms. The number of hydrogen-bond donors (Lipinski definition) is 2. The molecule has 2 aromatic rings. The van der Waals surface area contributed by atoms with Crippen molar-refractivity contribution in [3.05, 3.63) is 48.7 Å². The molecule has 0 aliphatic heterocycles. The molecular weight excluding hydrogens is 270 g/mol. The number of aromatic nitrogens is 2. The third kappa shape index (κ3) is 6.20. The van der Waals surface area contributed by atoms with E-state index in [9.17, 15) is 5.11 Å². The first-order valence-corrected chi connectivity index (χ1v) is 6.82. The minimum atomic E-state index is -0.608. The first kappa shape index (κ1) is 15.2. The average molecular weight is 289 g/mol. The van der Waals surface area contributed by atoms with Gasteiger partial charge in [0.2, 0.25) is 5.88 Å². The van der Waals surface area contributed by atoms with Crippen LogP contribution in [0.15, 0.2) is 48.7 Å². The van der Waals surface area contributed by atoms with E-state index in [4.69, 9.17) is 9.47 Å². The molecule has 1 aromatic carbocycles. The van der Waals surface area contributed by atoms with Gasteiger partial charge in [-0.15, -0.1) is 5.10 Å². The van der Waals surface area contributed by atoms with Gasteiger partial charge in [-0.25, -0.2) is 0 Å². The fourth-order valence-electron chi connectivity index (χ4n) is 1.63. The van der Waals surface area contributed by atoms with Gasteiger partial charge in [-0.3, -0.25) is 0 Å². The van der Waals surface area contributed by atoms with E-state index in [1.54, 1.807) is 18.3 Å². The summed E-state index contributed by atoms with van der Waals surface area (Å²) in [6, 6.07) is 13.0. The lowest BCUT2D eigenvalue weighted by atomic mass is 10.3. The number of rotatable bonds is 9. The number of hydrogen-bond acceptors (Lipinski definition) is 6. The maximum absolute atomic E-state index is 9.75. The number of aliphatic hydroxyl groups excluding tert-OH is 1. The van der Waals surface area contributed by atoms with Crippen LogP contribution in [0.25, 0.3) is 0 Å². The van der Waals surface area contributed by atoms with E-state index in [0.29, 0.717) is 25.6 Å². The lowest BCUT2D eigenvalue weighted by Crippen LogP contribution is -2.33. The molecule has 1 aromatic heterocycles. The largest absolute Gasteiger partial charge is 0.492 e. The van der Waals surface area contributed by atoms with Crippen LogP contribution in [0.1, 0.15) is 0 Å². The highest BCUT2D eigenvalue weighted by Gasteiger charge is 2.05. The average Bonchev–Trinajstić information content (AvgIpc) is 2.54. The Balaban J connectivity index is 1.52. The lowest BCUT2D eigenvalue weighted by molar-refractivity contribution is 0.102. The van der Waals surface area contributed by atoms with E-state index >= 15 is 0 Å². The molecule has 0 aliphatic rings. The molecule has 1 atom stereocenters. The fraction of sp³-hybridized carbons (Fsp3) is 0.333. The summed E-state index contributed by atoms with van der Waals surface area (Å²) in [6.45, 7) is 1.79. The van der Waals surface area contributed by atoms with Gasteiger partial charge in [0.25, 0.3) is 0 Å². The van der Waals surface area contributed by atoms with E-state index in [2.05, 4.69) is 15.5 Å². The van der Waals surface area contributed by atoms with Crippen molar-refractivity contribution in [3.63, 3.8) is 0 Å². The van der Waals surface area contributed by atoms with Gasteiger partial charge in [0.05, 0.1) is 0 Å². The van der Waals surface area contributed by atoms with E-state index in [0.717, 1.165) is 5.75 Å². The third-order valence-electron chi connectivity index (χ3n) is 2.64. The van der Waals surface area contributed by atoms with Gasteiger partial charge in [-0.1, -0.05) is 18.2 Å². The van der Waals surface area contributed by atoms with Crippen molar-refractivity contribution in [2.24, 2.45) is 0 Å². The Morgan fingerprint density at radius 2 is 1.95 bits per heavy atom. The molecule has 21 heavy (non-hydrogen) atoms. The van der Waals surface area contributed by atoms with Gasteiger partial charge in [0.15, 0.2) is 0 Å². The highest BCUT2D eigenvalue weighted by atomic mass is 16.5. The van der Waals surface area contributed by atoms with Crippen molar-refractivity contribution in [1.29, 1.82) is 0 Å². The molecule has 0 aliphatic carbocycles. The van der Waals surface area contributed by atoms with Crippen molar-refractivity contribution in [2.75, 3.05) is 26.3 Å². The minimum absolute atomic E-state index is 0.172. The molecule has 112 valence electrons. The Morgan fingerprint density at radius 1 is 1.10 bits per heavy atom. The summed E-state index contributed by atoms with van der Waals surface area (Å²) in [5.74, 6) is 1.25. The molecule has 6 nitrogen and oxygen atoms in total. The zero-order valence-corrected chi connectivity index (χ0v) is 11.7. The quantitative estimate of drug-likeness (QED) is 0.668. The monoisotopic (exact) mass is 289 g/mol. The number of ether oxygens (including phenoxy) is 2. The molecule has 0 saturated heterocycles. The van der Waals surface area contributed by atoms with Gasteiger partial charge in [-0.05, 0) is 18.2 Å². The SMILES string of the molecule is OC(CNCCOc1ccccc1)COc1cccnn1. The summed E-state index contributed by atoms with van der Waals surface area (Å²) in [4.78, 5) is 0. The number of aliphatic hydroxyl groups is 1. The highest BCUT2D eigenvalue weighted by Crippen LogP contribution is 2.07. The molecule has 2 rings (SSSR count). The minimum Gasteiger partial charge on any atom is -0.492 e. The predicted octanol–water partition coefficient (Wildman–Crippen LogP) is 0.885. The van der Waals surface area contributed by atoms with Crippen LogP contribution in [-0.4, -0.2) is 47.7 Å². The summed E-state index contributed by atoms with van der Waals surface area (Å²) in [6.07, 6.45) is 0.959. The first-order valence-electron chi connectivity index (χ1n) is 6.82. The number of nitrogens with one attached hydrogen (secondary N) is 1. The molecule has 0 radical (unpaired) electrons. The van der Waals surface area contributed by atoms with Crippen molar-refractivity contribution in [2.45, 2.75) is 6.10 Å². The Bertz CT molecular complexity index is 496. The van der Waals surface area contributed by atoms with Crippen molar-refractivity contribution in [1.82, 2.24) is 15.5 Å². The summed E-state index contributed by atoms with van der Waals surface area (Å²) in [5, 5.41) is 20.3. The van der Waals surface area contributed by atoms with E-state index in [-0.39, 0.29) is 6.61 Å². The molecule has 1 unspecified atom stereocenters. The lowest BCUT2D eigenvalue weighted by Gasteiger charge is -2.12. The molecule has 0 fully saturated rings. The van der Waals surface area contributed by atoms with Crippen molar-refractivity contribution >= 4 is 0 Å². The molecule has 0 spiro atoms. The third-order valence-corrected chi connectivity index (χ3v) is 2.64. The van der Waals surface area contributed by atoms with E-state index < -0.39 is 6.10 Å². The Hall–Kier alpha value is -2.18. The van der Waals surface area contributed by atoms with Gasteiger partial charge in [-0.2, -0.15) is 5.10 Å². The molecule has 2 N–H and O–H groups in total.